The zero-order chi connectivity index (χ0) is 16.7. The Hall–Kier alpha value is -1.43. The summed E-state index contributed by atoms with van der Waals surface area (Å²) in [4.78, 5) is 16.7. The highest BCUT2D eigenvalue weighted by atomic mass is 16.5. The van der Waals surface area contributed by atoms with Gasteiger partial charge in [-0.15, -0.1) is 0 Å². The number of ether oxygens (including phenoxy) is 1. The smallest absolute Gasteiger partial charge is 0.222 e. The Kier molecular flexibility index (Phi) is 7.02. The minimum absolute atomic E-state index is 0.0853. The van der Waals surface area contributed by atoms with Crippen LogP contribution < -0.4 is 5.32 Å². The molecule has 1 heterocycles. The van der Waals surface area contributed by atoms with Gasteiger partial charge in [0.1, 0.15) is 0 Å². The molecule has 0 aromatic heterocycles. The van der Waals surface area contributed by atoms with E-state index in [0.29, 0.717) is 18.9 Å². The molecule has 1 N–H and O–H groups in total. The monoisotopic (exact) mass is 319 g/mol. The van der Waals surface area contributed by atoms with E-state index >= 15 is 0 Å². The van der Waals surface area contributed by atoms with Crippen LogP contribution >= 0.6 is 0 Å². The predicted molar refractivity (Wildman–Crippen MR) is 92.2 cm³/mol. The van der Waals surface area contributed by atoms with Crippen molar-refractivity contribution in [3.8, 4) is 0 Å². The lowest BCUT2D eigenvalue weighted by Crippen LogP contribution is -2.43. The van der Waals surface area contributed by atoms with Crippen molar-refractivity contribution in [1.29, 1.82) is 0 Å². The van der Waals surface area contributed by atoms with E-state index in [1.165, 1.54) is 5.56 Å². The first-order valence-corrected chi connectivity index (χ1v) is 8.27. The summed E-state index contributed by atoms with van der Waals surface area (Å²) in [5.41, 5.74) is 1.32. The summed E-state index contributed by atoms with van der Waals surface area (Å²) < 4.78 is 4.99. The lowest BCUT2D eigenvalue weighted by atomic mass is 10.0. The summed E-state index contributed by atoms with van der Waals surface area (Å²) in [6, 6.07) is 10.7. The molecule has 128 valence electrons. The topological polar surface area (TPSA) is 44.8 Å². The Bertz CT molecular complexity index is 478. The van der Waals surface area contributed by atoms with Gasteiger partial charge in [-0.1, -0.05) is 30.3 Å². The molecule has 0 aliphatic carbocycles. The Balaban J connectivity index is 1.93. The average Bonchev–Trinajstić information content (AvgIpc) is 2.86. The summed E-state index contributed by atoms with van der Waals surface area (Å²) >= 11 is 0. The van der Waals surface area contributed by atoms with Crippen molar-refractivity contribution < 1.29 is 9.53 Å². The lowest BCUT2D eigenvalue weighted by Gasteiger charge is -2.22. The molecule has 2 rings (SSSR count). The minimum Gasteiger partial charge on any atom is -0.384 e. The zero-order valence-corrected chi connectivity index (χ0v) is 14.5. The first kappa shape index (κ1) is 17.9. The van der Waals surface area contributed by atoms with E-state index in [0.717, 1.165) is 26.2 Å². The molecule has 1 aromatic carbocycles. The van der Waals surface area contributed by atoms with Crippen molar-refractivity contribution in [2.45, 2.75) is 19.0 Å². The van der Waals surface area contributed by atoms with Crippen LogP contribution in [-0.2, 0) is 16.1 Å². The number of carbonyl (C=O) groups excluding carboxylic acids is 1. The SMILES string of the molecule is COCCC(=O)N[C@@H]1CN(Cc2ccccc2)C[C@H]1CN(C)C. The van der Waals surface area contributed by atoms with Crippen molar-refractivity contribution in [3.63, 3.8) is 0 Å². The van der Waals surface area contributed by atoms with E-state index < -0.39 is 0 Å². The lowest BCUT2D eigenvalue weighted by molar-refractivity contribution is -0.122. The predicted octanol–water partition coefficient (Wildman–Crippen LogP) is 1.20. The molecule has 5 heteroatoms. The first-order chi connectivity index (χ1) is 11.1. The zero-order valence-electron chi connectivity index (χ0n) is 14.5. The molecule has 1 aliphatic rings. The highest BCUT2D eigenvalue weighted by molar-refractivity contribution is 5.76. The van der Waals surface area contributed by atoms with E-state index in [4.69, 9.17) is 4.74 Å². The van der Waals surface area contributed by atoms with Gasteiger partial charge in [0.25, 0.3) is 0 Å². The maximum atomic E-state index is 12.0. The van der Waals surface area contributed by atoms with E-state index in [9.17, 15) is 4.79 Å². The number of benzene rings is 1. The molecular formula is C18H29N3O2. The Morgan fingerprint density at radius 3 is 2.70 bits per heavy atom. The van der Waals surface area contributed by atoms with Gasteiger partial charge in [-0.05, 0) is 19.7 Å². The highest BCUT2D eigenvalue weighted by Crippen LogP contribution is 2.20. The largest absolute Gasteiger partial charge is 0.384 e. The van der Waals surface area contributed by atoms with Gasteiger partial charge < -0.3 is 15.0 Å². The number of hydrogen-bond acceptors (Lipinski definition) is 4. The van der Waals surface area contributed by atoms with Gasteiger partial charge >= 0.3 is 0 Å². The van der Waals surface area contributed by atoms with Crippen molar-refractivity contribution in [2.24, 2.45) is 5.92 Å². The number of methoxy groups -OCH3 is 1. The molecule has 0 unspecified atom stereocenters. The van der Waals surface area contributed by atoms with Gasteiger partial charge in [0.05, 0.1) is 6.61 Å². The molecule has 0 spiro atoms. The molecule has 1 saturated heterocycles. The number of amides is 1. The molecule has 0 bridgehead atoms. The third-order valence-corrected chi connectivity index (χ3v) is 4.24. The van der Waals surface area contributed by atoms with Crippen LogP contribution in [0.1, 0.15) is 12.0 Å². The second kappa shape index (κ2) is 9.01. The maximum absolute atomic E-state index is 12.0. The number of carbonyl (C=O) groups is 1. The van der Waals surface area contributed by atoms with Crippen LogP contribution in [-0.4, -0.2) is 69.2 Å². The number of likely N-dealkylation sites (tertiary alicyclic amines) is 1. The minimum atomic E-state index is 0.0853. The van der Waals surface area contributed by atoms with Crippen LogP contribution in [0.15, 0.2) is 30.3 Å². The molecule has 1 fully saturated rings. The summed E-state index contributed by atoms with van der Waals surface area (Å²) in [7, 11) is 5.80. The molecule has 0 radical (unpaired) electrons. The first-order valence-electron chi connectivity index (χ1n) is 8.27. The third-order valence-electron chi connectivity index (χ3n) is 4.24. The molecule has 1 amide bonds. The average molecular weight is 319 g/mol. The van der Waals surface area contributed by atoms with Crippen molar-refractivity contribution in [2.75, 3.05) is 47.4 Å². The van der Waals surface area contributed by atoms with Crippen LogP contribution in [0.3, 0.4) is 0 Å². The van der Waals surface area contributed by atoms with Gasteiger partial charge in [-0.2, -0.15) is 0 Å². The molecule has 2 atom stereocenters. The summed E-state index contributed by atoms with van der Waals surface area (Å²) in [5, 5.41) is 3.20. The number of nitrogens with zero attached hydrogens (tertiary/aromatic N) is 2. The molecular weight excluding hydrogens is 290 g/mol. The van der Waals surface area contributed by atoms with Gasteiger partial charge in [0, 0.05) is 51.7 Å². The molecule has 5 nitrogen and oxygen atoms in total. The molecule has 1 aliphatic heterocycles. The van der Waals surface area contributed by atoms with E-state index in [1.54, 1.807) is 7.11 Å². The highest BCUT2D eigenvalue weighted by Gasteiger charge is 2.33. The van der Waals surface area contributed by atoms with Crippen LogP contribution in [0, 0.1) is 5.92 Å². The molecule has 0 saturated carbocycles. The number of rotatable bonds is 8. The second-order valence-corrected chi connectivity index (χ2v) is 6.62. The van der Waals surface area contributed by atoms with Crippen molar-refractivity contribution in [1.82, 2.24) is 15.1 Å². The molecule has 23 heavy (non-hydrogen) atoms. The fourth-order valence-electron chi connectivity index (χ4n) is 3.22. The van der Waals surface area contributed by atoms with Crippen molar-refractivity contribution in [3.05, 3.63) is 35.9 Å². The van der Waals surface area contributed by atoms with Gasteiger partial charge in [0.15, 0.2) is 0 Å². The maximum Gasteiger partial charge on any atom is 0.222 e. The Labute approximate surface area is 139 Å². The normalized spacial score (nSPS) is 21.7. The van der Waals surface area contributed by atoms with Gasteiger partial charge in [-0.25, -0.2) is 0 Å². The van der Waals surface area contributed by atoms with E-state index in [2.05, 4.69) is 53.5 Å². The fourth-order valence-corrected chi connectivity index (χ4v) is 3.22. The Morgan fingerprint density at radius 1 is 1.30 bits per heavy atom. The summed E-state index contributed by atoms with van der Waals surface area (Å²) in [6.45, 7) is 4.33. The van der Waals surface area contributed by atoms with Crippen LogP contribution in [0.5, 0.6) is 0 Å². The van der Waals surface area contributed by atoms with Crippen molar-refractivity contribution >= 4 is 5.91 Å². The standard InChI is InChI=1S/C18H29N3O2/c1-20(2)12-16-13-21(11-15-7-5-4-6-8-15)14-17(16)19-18(22)9-10-23-3/h4-8,16-17H,9-14H2,1-3H3,(H,19,22)/t16-,17-/m1/s1. The number of nitrogens with one attached hydrogen (secondary N) is 1. The molecule has 1 aromatic rings. The Morgan fingerprint density at radius 2 is 2.04 bits per heavy atom. The van der Waals surface area contributed by atoms with E-state index in [-0.39, 0.29) is 11.9 Å². The second-order valence-electron chi connectivity index (χ2n) is 6.62. The van der Waals surface area contributed by atoms with E-state index in [1.807, 2.05) is 6.07 Å². The van der Waals surface area contributed by atoms with Crippen LogP contribution in [0.25, 0.3) is 0 Å². The van der Waals surface area contributed by atoms with Crippen LogP contribution in [0.2, 0.25) is 0 Å². The van der Waals surface area contributed by atoms with Gasteiger partial charge in [0.2, 0.25) is 5.91 Å². The summed E-state index contributed by atoms with van der Waals surface area (Å²) in [5.74, 6) is 0.544. The quantitative estimate of drug-likeness (QED) is 0.782. The number of hydrogen-bond donors (Lipinski definition) is 1. The van der Waals surface area contributed by atoms with Crippen LogP contribution in [0.4, 0.5) is 0 Å². The fraction of sp³-hybridized carbons (Fsp3) is 0.611. The third kappa shape index (κ3) is 5.94. The summed E-state index contributed by atoms with van der Waals surface area (Å²) in [6.07, 6.45) is 0.431. The van der Waals surface area contributed by atoms with Gasteiger partial charge in [-0.3, -0.25) is 9.69 Å².